The van der Waals surface area contributed by atoms with Gasteiger partial charge in [0.05, 0.1) is 5.25 Å². The van der Waals surface area contributed by atoms with Crippen LogP contribution in [0.25, 0.3) is 6.08 Å². The van der Waals surface area contributed by atoms with Crippen molar-refractivity contribution in [1.82, 2.24) is 0 Å². The maximum atomic E-state index is 2.31. The van der Waals surface area contributed by atoms with Crippen molar-refractivity contribution in [3.05, 3.63) is 107 Å². The molecule has 0 N–H and O–H groups in total. The molecule has 1 heteroatoms. The maximum Gasteiger partial charge on any atom is 0.0527 e. The van der Waals surface area contributed by atoms with Gasteiger partial charge in [0.1, 0.15) is 0 Å². The minimum Gasteiger partial charge on any atom is -0.114 e. The van der Waals surface area contributed by atoms with Gasteiger partial charge in [-0.05, 0) is 44.0 Å². The highest BCUT2D eigenvalue weighted by Gasteiger charge is 2.10. The van der Waals surface area contributed by atoms with E-state index in [4.69, 9.17) is 0 Å². The molecule has 0 nitrogen and oxygen atoms in total. The van der Waals surface area contributed by atoms with Crippen LogP contribution in [0.5, 0.6) is 0 Å². The standard InChI is InChI=1S/C24H24S/c1-18-7-11-21(12-8-18)13-16-24(22-14-9-19(2)10-15-22)25-23-6-4-5-20(3)17-23/h4-17,24H,1-3H3/b16-13+. The zero-order valence-corrected chi connectivity index (χ0v) is 15.9. The summed E-state index contributed by atoms with van der Waals surface area (Å²) in [5, 5.41) is 0.295. The molecule has 0 aliphatic heterocycles. The largest absolute Gasteiger partial charge is 0.114 e. The third-order valence-electron chi connectivity index (χ3n) is 4.20. The summed E-state index contributed by atoms with van der Waals surface area (Å²) in [7, 11) is 0. The van der Waals surface area contributed by atoms with Crippen molar-refractivity contribution in [3.8, 4) is 0 Å². The lowest BCUT2D eigenvalue weighted by Gasteiger charge is -2.14. The van der Waals surface area contributed by atoms with Gasteiger partial charge in [0.15, 0.2) is 0 Å². The summed E-state index contributed by atoms with van der Waals surface area (Å²) in [5.41, 5.74) is 6.47. The van der Waals surface area contributed by atoms with E-state index < -0.39 is 0 Å². The minimum absolute atomic E-state index is 0.295. The van der Waals surface area contributed by atoms with Crippen LogP contribution in [0.2, 0.25) is 0 Å². The summed E-state index contributed by atoms with van der Waals surface area (Å²) in [6.07, 6.45) is 4.54. The Hall–Kier alpha value is -2.25. The van der Waals surface area contributed by atoms with Crippen LogP contribution >= 0.6 is 11.8 Å². The van der Waals surface area contributed by atoms with Crippen LogP contribution in [0.3, 0.4) is 0 Å². The maximum absolute atomic E-state index is 2.31. The van der Waals surface area contributed by atoms with E-state index in [2.05, 4.69) is 106 Å². The van der Waals surface area contributed by atoms with E-state index in [1.807, 2.05) is 11.8 Å². The van der Waals surface area contributed by atoms with Gasteiger partial charge in [-0.2, -0.15) is 0 Å². The molecular weight excluding hydrogens is 320 g/mol. The van der Waals surface area contributed by atoms with Gasteiger partial charge in [-0.3, -0.25) is 0 Å². The molecule has 0 aliphatic rings. The predicted octanol–water partition coefficient (Wildman–Crippen LogP) is 7.16. The highest BCUT2D eigenvalue weighted by molar-refractivity contribution is 7.99. The Balaban J connectivity index is 1.88. The van der Waals surface area contributed by atoms with Crippen molar-refractivity contribution in [2.75, 3.05) is 0 Å². The van der Waals surface area contributed by atoms with E-state index in [1.54, 1.807) is 0 Å². The molecule has 0 spiro atoms. The van der Waals surface area contributed by atoms with Crippen LogP contribution < -0.4 is 0 Å². The molecule has 3 aromatic carbocycles. The Kier molecular flexibility index (Phi) is 5.78. The lowest BCUT2D eigenvalue weighted by molar-refractivity contribution is 1.21. The molecular formula is C24H24S. The fourth-order valence-electron chi connectivity index (χ4n) is 2.69. The first kappa shape index (κ1) is 17.6. The van der Waals surface area contributed by atoms with Crippen LogP contribution in [-0.2, 0) is 0 Å². The molecule has 0 saturated heterocycles. The third kappa shape index (κ3) is 5.11. The molecule has 1 unspecified atom stereocenters. The van der Waals surface area contributed by atoms with Crippen LogP contribution in [0.4, 0.5) is 0 Å². The molecule has 0 bridgehead atoms. The number of benzene rings is 3. The van der Waals surface area contributed by atoms with Crippen molar-refractivity contribution in [1.29, 1.82) is 0 Å². The Morgan fingerprint density at radius 3 is 2.00 bits per heavy atom. The lowest BCUT2D eigenvalue weighted by atomic mass is 10.1. The van der Waals surface area contributed by atoms with Crippen molar-refractivity contribution in [3.63, 3.8) is 0 Å². The Morgan fingerprint density at radius 1 is 0.720 bits per heavy atom. The van der Waals surface area contributed by atoms with E-state index in [-0.39, 0.29) is 0 Å². The molecule has 0 saturated carbocycles. The second kappa shape index (κ2) is 8.22. The van der Waals surface area contributed by atoms with E-state index in [0.717, 1.165) is 0 Å². The molecule has 3 aromatic rings. The highest BCUT2D eigenvalue weighted by atomic mass is 32.2. The first-order valence-corrected chi connectivity index (χ1v) is 9.53. The van der Waals surface area contributed by atoms with Gasteiger partial charge in [0.2, 0.25) is 0 Å². The molecule has 0 fully saturated rings. The Morgan fingerprint density at radius 2 is 1.36 bits per heavy atom. The number of aryl methyl sites for hydroxylation is 3. The fraction of sp³-hybridized carbons (Fsp3) is 0.167. The van der Waals surface area contributed by atoms with E-state index >= 15 is 0 Å². The van der Waals surface area contributed by atoms with E-state index in [9.17, 15) is 0 Å². The summed E-state index contributed by atoms with van der Waals surface area (Å²) in [6, 6.07) is 26.3. The van der Waals surface area contributed by atoms with Crippen LogP contribution in [0, 0.1) is 20.8 Å². The number of hydrogen-bond acceptors (Lipinski definition) is 1. The second-order valence-corrected chi connectivity index (χ2v) is 7.75. The summed E-state index contributed by atoms with van der Waals surface area (Å²) >= 11 is 1.90. The van der Waals surface area contributed by atoms with Crippen molar-refractivity contribution in [2.45, 2.75) is 30.9 Å². The normalized spacial score (nSPS) is 12.4. The molecule has 25 heavy (non-hydrogen) atoms. The van der Waals surface area contributed by atoms with Gasteiger partial charge < -0.3 is 0 Å². The monoisotopic (exact) mass is 344 g/mol. The Labute approximate surface area is 155 Å². The van der Waals surface area contributed by atoms with Gasteiger partial charge in [0, 0.05) is 4.90 Å². The smallest absolute Gasteiger partial charge is 0.0527 e. The Bertz CT molecular complexity index is 842. The topological polar surface area (TPSA) is 0 Å². The number of hydrogen-bond donors (Lipinski definition) is 0. The average Bonchev–Trinajstić information content (AvgIpc) is 2.61. The first-order chi connectivity index (χ1) is 12.1. The predicted molar refractivity (Wildman–Crippen MR) is 111 cm³/mol. The molecule has 0 radical (unpaired) electrons. The number of rotatable bonds is 5. The van der Waals surface area contributed by atoms with Crippen molar-refractivity contribution >= 4 is 17.8 Å². The minimum atomic E-state index is 0.295. The molecule has 0 aliphatic carbocycles. The van der Waals surface area contributed by atoms with Gasteiger partial charge in [-0.1, -0.05) is 89.5 Å². The quantitative estimate of drug-likeness (QED) is 0.442. The fourth-order valence-corrected chi connectivity index (χ4v) is 3.84. The zero-order chi connectivity index (χ0) is 17.6. The van der Waals surface area contributed by atoms with Crippen molar-refractivity contribution in [2.24, 2.45) is 0 Å². The van der Waals surface area contributed by atoms with Crippen LogP contribution in [0.15, 0.2) is 83.8 Å². The average molecular weight is 345 g/mol. The number of thioether (sulfide) groups is 1. The van der Waals surface area contributed by atoms with Crippen molar-refractivity contribution < 1.29 is 0 Å². The van der Waals surface area contributed by atoms with Crippen LogP contribution in [-0.4, -0.2) is 0 Å². The van der Waals surface area contributed by atoms with Gasteiger partial charge in [-0.25, -0.2) is 0 Å². The SMILES string of the molecule is Cc1ccc(/C=C/C(Sc2cccc(C)c2)c2ccc(C)cc2)cc1. The zero-order valence-electron chi connectivity index (χ0n) is 15.1. The molecule has 126 valence electrons. The second-order valence-electron chi connectivity index (χ2n) is 6.54. The summed E-state index contributed by atoms with van der Waals surface area (Å²) < 4.78 is 0. The molecule has 3 rings (SSSR count). The lowest BCUT2D eigenvalue weighted by Crippen LogP contribution is -1.91. The molecule has 0 aromatic heterocycles. The third-order valence-corrected chi connectivity index (χ3v) is 5.41. The van der Waals surface area contributed by atoms with E-state index in [0.29, 0.717) is 5.25 Å². The summed E-state index contributed by atoms with van der Waals surface area (Å²) in [5.74, 6) is 0. The van der Waals surface area contributed by atoms with E-state index in [1.165, 1.54) is 32.7 Å². The summed E-state index contributed by atoms with van der Waals surface area (Å²) in [6.45, 7) is 6.40. The molecule has 1 atom stereocenters. The van der Waals surface area contributed by atoms with Gasteiger partial charge in [0.25, 0.3) is 0 Å². The van der Waals surface area contributed by atoms with Gasteiger partial charge >= 0.3 is 0 Å². The molecule has 0 amide bonds. The first-order valence-electron chi connectivity index (χ1n) is 8.65. The molecule has 0 heterocycles. The van der Waals surface area contributed by atoms with Gasteiger partial charge in [-0.15, -0.1) is 11.8 Å². The highest BCUT2D eigenvalue weighted by Crippen LogP contribution is 2.37. The van der Waals surface area contributed by atoms with Crippen LogP contribution in [0.1, 0.15) is 33.1 Å². The summed E-state index contributed by atoms with van der Waals surface area (Å²) in [4.78, 5) is 1.30.